The lowest BCUT2D eigenvalue weighted by Gasteiger charge is -2.18. The number of carbonyl (C=O) groups excluding carboxylic acids is 1. The largest absolute Gasteiger partial charge is 0.465 e. The van der Waals surface area contributed by atoms with Crippen LogP contribution in [0.1, 0.15) is 26.7 Å². The van der Waals surface area contributed by atoms with Crippen molar-refractivity contribution in [1.29, 1.82) is 0 Å². The Kier molecular flexibility index (Phi) is 4.75. The summed E-state index contributed by atoms with van der Waals surface area (Å²) in [6.07, 6.45) is 1.55. The van der Waals surface area contributed by atoms with Crippen molar-refractivity contribution in [2.45, 2.75) is 26.2 Å². The van der Waals surface area contributed by atoms with E-state index in [4.69, 9.17) is 9.15 Å². The van der Waals surface area contributed by atoms with Crippen molar-refractivity contribution in [3.63, 3.8) is 0 Å². The molecule has 26 heavy (non-hydrogen) atoms. The lowest BCUT2D eigenvalue weighted by Crippen LogP contribution is -2.31. The van der Waals surface area contributed by atoms with Crippen molar-refractivity contribution in [1.82, 2.24) is 9.97 Å². The molecule has 3 rings (SSSR count). The fourth-order valence-corrected chi connectivity index (χ4v) is 2.56. The summed E-state index contributed by atoms with van der Waals surface area (Å²) in [5, 5.41) is 0. The number of aromatic nitrogens is 2. The highest BCUT2D eigenvalue weighted by Gasteiger charge is 2.38. The lowest BCUT2D eigenvalue weighted by atomic mass is 9.94. The quantitative estimate of drug-likeness (QED) is 0.710. The second kappa shape index (κ2) is 7.00. The van der Waals surface area contributed by atoms with Crippen molar-refractivity contribution in [3.8, 4) is 22.6 Å². The predicted octanol–water partition coefficient (Wildman–Crippen LogP) is 3.54. The van der Waals surface area contributed by atoms with Gasteiger partial charge in [0.15, 0.2) is 5.76 Å². The average Bonchev–Trinajstić information content (AvgIpc) is 3.09. The van der Waals surface area contributed by atoms with Crippen LogP contribution in [0.5, 0.6) is 0 Å². The fraction of sp³-hybridized carbons (Fsp3) is 0.250. The van der Waals surface area contributed by atoms with Gasteiger partial charge in [-0.1, -0.05) is 30.3 Å². The molecule has 6 heteroatoms. The summed E-state index contributed by atoms with van der Waals surface area (Å²) in [7, 11) is 0. The fourth-order valence-electron chi connectivity index (χ4n) is 2.56. The van der Waals surface area contributed by atoms with Crippen LogP contribution in [0.2, 0.25) is 0 Å². The van der Waals surface area contributed by atoms with E-state index in [-0.39, 0.29) is 18.1 Å². The van der Waals surface area contributed by atoms with Crippen LogP contribution < -0.4 is 5.56 Å². The molecular weight excluding hydrogens is 332 g/mol. The minimum Gasteiger partial charge on any atom is -0.465 e. The minimum atomic E-state index is -1.08. The molecule has 3 aromatic rings. The van der Waals surface area contributed by atoms with E-state index in [2.05, 4.69) is 9.97 Å². The first kappa shape index (κ1) is 17.7. The van der Waals surface area contributed by atoms with E-state index in [1.54, 1.807) is 39.1 Å². The molecule has 0 unspecified atom stereocenters. The second-order valence-corrected chi connectivity index (χ2v) is 6.32. The van der Waals surface area contributed by atoms with Crippen LogP contribution in [-0.4, -0.2) is 22.5 Å². The van der Waals surface area contributed by atoms with Crippen LogP contribution in [0.4, 0.5) is 0 Å². The maximum atomic E-state index is 12.3. The van der Waals surface area contributed by atoms with E-state index in [1.807, 2.05) is 30.3 Å². The number of nitrogens with zero attached hydrogens (tertiary/aromatic N) is 1. The number of esters is 1. The number of rotatable bonds is 5. The Balaban J connectivity index is 2.20. The molecule has 1 aromatic carbocycles. The third-order valence-corrected chi connectivity index (χ3v) is 4.06. The smallest absolute Gasteiger partial charge is 0.320 e. The van der Waals surface area contributed by atoms with Gasteiger partial charge in [-0.05, 0) is 32.9 Å². The van der Waals surface area contributed by atoms with Crippen molar-refractivity contribution < 1.29 is 13.9 Å². The summed E-state index contributed by atoms with van der Waals surface area (Å²) in [6.45, 7) is 5.38. The van der Waals surface area contributed by atoms with Crippen molar-refractivity contribution in [2.24, 2.45) is 0 Å². The van der Waals surface area contributed by atoms with Crippen LogP contribution in [0.15, 0.2) is 57.9 Å². The number of hydrogen-bond acceptors (Lipinski definition) is 5. The van der Waals surface area contributed by atoms with Crippen LogP contribution in [0, 0.1) is 0 Å². The molecule has 1 N–H and O–H groups in total. The van der Waals surface area contributed by atoms with Gasteiger partial charge in [-0.3, -0.25) is 9.59 Å². The number of aromatic amines is 1. The van der Waals surface area contributed by atoms with Crippen LogP contribution in [0.3, 0.4) is 0 Å². The van der Waals surface area contributed by atoms with Crippen molar-refractivity contribution >= 4 is 5.97 Å². The number of benzene rings is 1. The number of pyridine rings is 1. The SMILES string of the molecule is CCOC(=O)C(C)(C)c1nc(-c2ccccc2)c(-c2ccc[nH]c2=O)o1. The van der Waals surface area contributed by atoms with Gasteiger partial charge >= 0.3 is 5.97 Å². The molecule has 6 nitrogen and oxygen atoms in total. The van der Waals surface area contributed by atoms with E-state index in [9.17, 15) is 9.59 Å². The Bertz CT molecular complexity index is 971. The van der Waals surface area contributed by atoms with E-state index < -0.39 is 11.4 Å². The van der Waals surface area contributed by atoms with Gasteiger partial charge in [0.2, 0.25) is 5.89 Å². The number of carbonyl (C=O) groups is 1. The Labute approximate surface area is 150 Å². The number of oxazole rings is 1. The summed E-state index contributed by atoms with van der Waals surface area (Å²) < 4.78 is 11.1. The van der Waals surface area contributed by atoms with Crippen LogP contribution in [0.25, 0.3) is 22.6 Å². The zero-order valence-electron chi connectivity index (χ0n) is 14.9. The van der Waals surface area contributed by atoms with Gasteiger partial charge in [0, 0.05) is 11.8 Å². The lowest BCUT2D eigenvalue weighted by molar-refractivity contribution is -0.149. The molecule has 0 amide bonds. The number of hydrogen-bond donors (Lipinski definition) is 1. The van der Waals surface area contributed by atoms with Gasteiger partial charge in [-0.25, -0.2) is 4.98 Å². The molecular formula is C20H20N2O4. The molecule has 0 bridgehead atoms. The van der Waals surface area contributed by atoms with E-state index in [0.29, 0.717) is 17.0 Å². The van der Waals surface area contributed by atoms with E-state index in [1.165, 1.54) is 0 Å². The molecule has 0 saturated heterocycles. The van der Waals surface area contributed by atoms with Gasteiger partial charge in [-0.15, -0.1) is 0 Å². The molecule has 0 aliphatic heterocycles. The monoisotopic (exact) mass is 352 g/mol. The molecule has 2 aromatic heterocycles. The minimum absolute atomic E-state index is 0.202. The third-order valence-electron chi connectivity index (χ3n) is 4.06. The van der Waals surface area contributed by atoms with Crippen LogP contribution >= 0.6 is 0 Å². The molecule has 0 aliphatic rings. The molecule has 0 radical (unpaired) electrons. The first-order valence-corrected chi connectivity index (χ1v) is 8.37. The standard InChI is InChI=1S/C20H20N2O4/c1-4-25-19(24)20(2,3)18-22-15(13-9-6-5-7-10-13)16(26-18)14-11-8-12-21-17(14)23/h5-12H,4H2,1-3H3,(H,21,23). The zero-order chi connectivity index (χ0) is 18.7. The Morgan fingerprint density at radius 3 is 2.58 bits per heavy atom. The molecule has 0 aliphatic carbocycles. The molecule has 0 spiro atoms. The summed E-state index contributed by atoms with van der Waals surface area (Å²) in [4.78, 5) is 31.8. The highest BCUT2D eigenvalue weighted by atomic mass is 16.5. The van der Waals surface area contributed by atoms with E-state index >= 15 is 0 Å². The Morgan fingerprint density at radius 2 is 1.92 bits per heavy atom. The maximum absolute atomic E-state index is 12.3. The molecule has 0 atom stereocenters. The number of H-pyrrole nitrogens is 1. The van der Waals surface area contributed by atoms with Crippen molar-refractivity contribution in [2.75, 3.05) is 6.61 Å². The maximum Gasteiger partial charge on any atom is 0.320 e. The van der Waals surface area contributed by atoms with E-state index in [0.717, 1.165) is 5.56 Å². The van der Waals surface area contributed by atoms with Gasteiger partial charge in [0.05, 0.1) is 12.2 Å². The third kappa shape index (κ3) is 3.18. The van der Waals surface area contributed by atoms with Crippen molar-refractivity contribution in [3.05, 3.63) is 64.9 Å². The molecule has 0 saturated carbocycles. The predicted molar refractivity (Wildman–Crippen MR) is 97.7 cm³/mol. The van der Waals surface area contributed by atoms with Gasteiger partial charge in [-0.2, -0.15) is 0 Å². The second-order valence-electron chi connectivity index (χ2n) is 6.32. The zero-order valence-corrected chi connectivity index (χ0v) is 14.9. The first-order valence-electron chi connectivity index (χ1n) is 8.37. The first-order chi connectivity index (χ1) is 12.4. The topological polar surface area (TPSA) is 85.2 Å². The summed E-state index contributed by atoms with van der Waals surface area (Å²) in [5.74, 6) is 0.0906. The Hall–Kier alpha value is -3.15. The van der Waals surface area contributed by atoms with Gasteiger partial charge in [0.1, 0.15) is 11.1 Å². The average molecular weight is 352 g/mol. The summed E-state index contributed by atoms with van der Waals surface area (Å²) in [5.41, 5.74) is 0.278. The highest BCUT2D eigenvalue weighted by molar-refractivity contribution is 5.82. The summed E-state index contributed by atoms with van der Waals surface area (Å²) >= 11 is 0. The Morgan fingerprint density at radius 1 is 1.19 bits per heavy atom. The summed E-state index contributed by atoms with van der Waals surface area (Å²) in [6, 6.07) is 12.8. The number of ether oxygens (including phenoxy) is 1. The molecule has 2 heterocycles. The van der Waals surface area contributed by atoms with Gasteiger partial charge < -0.3 is 14.1 Å². The van der Waals surface area contributed by atoms with Gasteiger partial charge in [0.25, 0.3) is 5.56 Å². The van der Waals surface area contributed by atoms with Crippen LogP contribution in [-0.2, 0) is 14.9 Å². The molecule has 134 valence electrons. The highest BCUT2D eigenvalue weighted by Crippen LogP contribution is 2.35. The normalized spacial score (nSPS) is 11.3. The number of nitrogens with one attached hydrogen (secondary N) is 1. The molecule has 0 fully saturated rings.